The van der Waals surface area contributed by atoms with E-state index in [1.807, 2.05) is 0 Å². The number of Topliss-reactive ketones (excluding diaryl/α,β-unsaturated/α-hetero) is 1. The fourth-order valence-electron chi connectivity index (χ4n) is 2.57. The summed E-state index contributed by atoms with van der Waals surface area (Å²) in [4.78, 5) is 25.3. The van der Waals surface area contributed by atoms with Crippen molar-refractivity contribution in [2.75, 3.05) is 19.6 Å². The number of carbonyl (C=O) groups excluding carboxylic acids is 2. The first-order chi connectivity index (χ1) is 8.99. The Balaban J connectivity index is 2.34. The van der Waals surface area contributed by atoms with Crippen LogP contribution in [0.15, 0.2) is 0 Å². The molecule has 1 aliphatic rings. The Hall–Kier alpha value is -0.900. The van der Waals surface area contributed by atoms with E-state index in [1.165, 1.54) is 6.42 Å². The van der Waals surface area contributed by atoms with Crippen molar-refractivity contribution in [3.05, 3.63) is 0 Å². The third kappa shape index (κ3) is 6.71. The van der Waals surface area contributed by atoms with Crippen molar-refractivity contribution < 1.29 is 9.59 Å². The van der Waals surface area contributed by atoms with Gasteiger partial charge in [-0.2, -0.15) is 0 Å². The number of hydrogen-bond donors (Lipinski definition) is 1. The summed E-state index contributed by atoms with van der Waals surface area (Å²) in [5.41, 5.74) is 0. The molecule has 1 rings (SSSR count). The number of nitrogens with zero attached hydrogens (tertiary/aromatic N) is 1. The molecule has 0 aromatic rings. The van der Waals surface area contributed by atoms with Crippen LogP contribution in [0.2, 0.25) is 0 Å². The standard InChI is InChI=1S/C15H28N2O2/c1-12(2)7-8-16-15(19)11-17-9-5-4-6-14(17)10-13(3)18/h12,14H,4-11H2,1-3H3,(H,16,19). The van der Waals surface area contributed by atoms with E-state index in [2.05, 4.69) is 24.1 Å². The SMILES string of the molecule is CC(=O)CC1CCCCN1CC(=O)NCCC(C)C. The molecule has 4 heteroatoms. The van der Waals surface area contributed by atoms with Gasteiger partial charge >= 0.3 is 0 Å². The highest BCUT2D eigenvalue weighted by molar-refractivity contribution is 5.78. The van der Waals surface area contributed by atoms with Crippen LogP contribution in [0.5, 0.6) is 0 Å². The average molecular weight is 268 g/mol. The van der Waals surface area contributed by atoms with Crippen molar-refractivity contribution in [1.82, 2.24) is 10.2 Å². The second kappa shape index (κ2) is 8.31. The lowest BCUT2D eigenvalue weighted by Gasteiger charge is -2.34. The van der Waals surface area contributed by atoms with Crippen molar-refractivity contribution >= 4 is 11.7 Å². The molecular formula is C15H28N2O2. The van der Waals surface area contributed by atoms with Crippen LogP contribution in [0.4, 0.5) is 0 Å². The lowest BCUT2D eigenvalue weighted by Crippen LogP contribution is -2.46. The fourth-order valence-corrected chi connectivity index (χ4v) is 2.57. The number of rotatable bonds is 7. The van der Waals surface area contributed by atoms with E-state index in [-0.39, 0.29) is 17.7 Å². The van der Waals surface area contributed by atoms with Crippen molar-refractivity contribution in [2.24, 2.45) is 5.92 Å². The molecule has 110 valence electrons. The van der Waals surface area contributed by atoms with Gasteiger partial charge in [-0.25, -0.2) is 0 Å². The summed E-state index contributed by atoms with van der Waals surface area (Å²) in [6.07, 6.45) is 4.94. The van der Waals surface area contributed by atoms with Gasteiger partial charge in [0.2, 0.25) is 5.91 Å². The van der Waals surface area contributed by atoms with Crippen molar-refractivity contribution in [1.29, 1.82) is 0 Å². The molecule has 19 heavy (non-hydrogen) atoms. The molecule has 1 amide bonds. The van der Waals surface area contributed by atoms with Gasteiger partial charge in [-0.05, 0) is 38.6 Å². The number of carbonyl (C=O) groups is 2. The summed E-state index contributed by atoms with van der Waals surface area (Å²) in [6.45, 7) is 8.07. The van der Waals surface area contributed by atoms with Crippen LogP contribution in [0, 0.1) is 5.92 Å². The number of hydrogen-bond acceptors (Lipinski definition) is 3. The minimum absolute atomic E-state index is 0.0936. The number of amides is 1. The summed E-state index contributed by atoms with van der Waals surface area (Å²) in [6, 6.07) is 0.266. The lowest BCUT2D eigenvalue weighted by molar-refractivity contribution is -0.125. The van der Waals surface area contributed by atoms with Crippen molar-refractivity contribution in [3.8, 4) is 0 Å². The molecule has 1 unspecified atom stereocenters. The van der Waals surface area contributed by atoms with Gasteiger partial charge in [0.25, 0.3) is 0 Å². The van der Waals surface area contributed by atoms with Gasteiger partial charge in [-0.1, -0.05) is 20.3 Å². The highest BCUT2D eigenvalue weighted by atomic mass is 16.2. The predicted octanol–water partition coefficient (Wildman–Crippen LogP) is 1.98. The van der Waals surface area contributed by atoms with Gasteiger partial charge < -0.3 is 5.32 Å². The molecule has 4 nitrogen and oxygen atoms in total. The van der Waals surface area contributed by atoms with Crippen LogP contribution >= 0.6 is 0 Å². The number of likely N-dealkylation sites (tertiary alicyclic amines) is 1. The average Bonchev–Trinajstić information content (AvgIpc) is 2.30. The van der Waals surface area contributed by atoms with Gasteiger partial charge in [-0.3, -0.25) is 14.5 Å². The molecule has 0 aromatic heterocycles. The summed E-state index contributed by atoms with van der Waals surface area (Å²) in [7, 11) is 0. The topological polar surface area (TPSA) is 49.4 Å². The second-order valence-electron chi connectivity index (χ2n) is 6.06. The molecule has 0 radical (unpaired) electrons. The van der Waals surface area contributed by atoms with E-state index < -0.39 is 0 Å². The van der Waals surface area contributed by atoms with E-state index in [0.29, 0.717) is 18.9 Å². The predicted molar refractivity (Wildman–Crippen MR) is 77.0 cm³/mol. The second-order valence-corrected chi connectivity index (χ2v) is 6.06. The third-order valence-electron chi connectivity index (χ3n) is 3.66. The summed E-state index contributed by atoms with van der Waals surface area (Å²) in [5.74, 6) is 0.925. The zero-order chi connectivity index (χ0) is 14.3. The van der Waals surface area contributed by atoms with E-state index in [9.17, 15) is 9.59 Å². The van der Waals surface area contributed by atoms with Gasteiger partial charge in [0, 0.05) is 19.0 Å². The van der Waals surface area contributed by atoms with Gasteiger partial charge in [0.1, 0.15) is 5.78 Å². The quantitative estimate of drug-likeness (QED) is 0.768. The normalized spacial score (nSPS) is 20.5. The zero-order valence-electron chi connectivity index (χ0n) is 12.6. The molecule has 0 saturated carbocycles. The Morgan fingerprint density at radius 1 is 1.32 bits per heavy atom. The first-order valence-electron chi connectivity index (χ1n) is 7.49. The Morgan fingerprint density at radius 2 is 2.05 bits per heavy atom. The molecule has 1 saturated heterocycles. The molecule has 1 atom stereocenters. The highest BCUT2D eigenvalue weighted by Gasteiger charge is 2.24. The highest BCUT2D eigenvalue weighted by Crippen LogP contribution is 2.19. The van der Waals surface area contributed by atoms with E-state index >= 15 is 0 Å². The van der Waals surface area contributed by atoms with Crippen LogP contribution in [-0.2, 0) is 9.59 Å². The first kappa shape index (κ1) is 16.2. The van der Waals surface area contributed by atoms with Crippen LogP contribution in [0.3, 0.4) is 0 Å². The van der Waals surface area contributed by atoms with Crippen LogP contribution in [0.1, 0.15) is 52.9 Å². The minimum atomic E-state index is 0.0936. The number of ketones is 1. The van der Waals surface area contributed by atoms with Gasteiger partial charge in [0.05, 0.1) is 6.54 Å². The minimum Gasteiger partial charge on any atom is -0.355 e. The maximum absolute atomic E-state index is 11.9. The van der Waals surface area contributed by atoms with Crippen molar-refractivity contribution in [3.63, 3.8) is 0 Å². The smallest absolute Gasteiger partial charge is 0.234 e. The number of nitrogens with one attached hydrogen (secondary N) is 1. The maximum Gasteiger partial charge on any atom is 0.234 e. The summed E-state index contributed by atoms with van der Waals surface area (Å²) >= 11 is 0. The van der Waals surface area contributed by atoms with Crippen LogP contribution in [0.25, 0.3) is 0 Å². The molecule has 0 aromatic carbocycles. The molecule has 0 aliphatic carbocycles. The zero-order valence-corrected chi connectivity index (χ0v) is 12.6. The molecule has 1 heterocycles. The Bertz CT molecular complexity index is 303. The monoisotopic (exact) mass is 268 g/mol. The molecular weight excluding hydrogens is 240 g/mol. The van der Waals surface area contributed by atoms with Gasteiger partial charge in [0.15, 0.2) is 0 Å². The molecule has 1 N–H and O–H groups in total. The Labute approximate surface area is 116 Å². The van der Waals surface area contributed by atoms with E-state index in [0.717, 1.165) is 32.4 Å². The number of piperidine rings is 1. The van der Waals surface area contributed by atoms with Crippen LogP contribution < -0.4 is 5.32 Å². The summed E-state index contributed by atoms with van der Waals surface area (Å²) < 4.78 is 0. The lowest BCUT2D eigenvalue weighted by atomic mass is 9.98. The molecule has 0 bridgehead atoms. The largest absolute Gasteiger partial charge is 0.355 e. The Kier molecular flexibility index (Phi) is 7.06. The van der Waals surface area contributed by atoms with Gasteiger partial charge in [-0.15, -0.1) is 0 Å². The first-order valence-corrected chi connectivity index (χ1v) is 7.49. The van der Waals surface area contributed by atoms with E-state index in [4.69, 9.17) is 0 Å². The molecule has 1 aliphatic heterocycles. The molecule has 1 fully saturated rings. The van der Waals surface area contributed by atoms with Crippen molar-refractivity contribution in [2.45, 2.75) is 58.9 Å². The fraction of sp³-hybridized carbons (Fsp3) is 0.867. The summed E-state index contributed by atoms with van der Waals surface area (Å²) in [5, 5.41) is 2.97. The third-order valence-corrected chi connectivity index (χ3v) is 3.66. The van der Waals surface area contributed by atoms with E-state index in [1.54, 1.807) is 6.92 Å². The van der Waals surface area contributed by atoms with Crippen LogP contribution in [-0.4, -0.2) is 42.3 Å². The Morgan fingerprint density at radius 3 is 2.68 bits per heavy atom. The molecule has 0 spiro atoms. The maximum atomic E-state index is 11.9.